The highest BCUT2D eigenvalue weighted by molar-refractivity contribution is 5.73. The third-order valence-electron chi connectivity index (χ3n) is 4.36. The number of hydrogen-bond acceptors (Lipinski definition) is 10. The molecule has 2 rings (SSSR count). The monoisotopic (exact) mass is 453 g/mol. The van der Waals surface area contributed by atoms with E-state index in [1.807, 2.05) is 0 Å². The minimum Gasteiger partial charge on any atom is -0.497 e. The molecule has 0 aliphatic carbocycles. The Hall–Kier alpha value is -3.34. The summed E-state index contributed by atoms with van der Waals surface area (Å²) in [7, 11) is 1.49. The minimum absolute atomic E-state index is 0.310. The molecule has 0 spiro atoms. The summed E-state index contributed by atoms with van der Waals surface area (Å²) in [5, 5.41) is 2.63. The SMILES string of the molecule is COc1cccc(O[C@@H]2O[C@H](COC(C)=O)[C@@H](OC(C)=O)[C@@H](OC(C)=O)[C@@H]2NC(C)=O)c1. The molecule has 0 unspecified atom stereocenters. The maximum Gasteiger partial charge on any atom is 0.303 e. The Kier molecular flexibility index (Phi) is 8.82. The fourth-order valence-electron chi connectivity index (χ4n) is 3.20. The first kappa shape index (κ1) is 24.9. The van der Waals surface area contributed by atoms with Gasteiger partial charge in [-0.05, 0) is 12.1 Å². The summed E-state index contributed by atoms with van der Waals surface area (Å²) in [6.07, 6.45) is -4.61. The minimum atomic E-state index is -1.19. The van der Waals surface area contributed by atoms with Crippen molar-refractivity contribution in [3.63, 3.8) is 0 Å². The molecule has 11 heteroatoms. The average molecular weight is 453 g/mol. The molecule has 0 aromatic heterocycles. The van der Waals surface area contributed by atoms with Gasteiger partial charge in [-0.3, -0.25) is 19.2 Å². The quantitative estimate of drug-likeness (QED) is 0.443. The van der Waals surface area contributed by atoms with Crippen molar-refractivity contribution in [1.82, 2.24) is 5.32 Å². The van der Waals surface area contributed by atoms with Gasteiger partial charge in [0.1, 0.15) is 30.3 Å². The van der Waals surface area contributed by atoms with Crippen LogP contribution >= 0.6 is 0 Å². The van der Waals surface area contributed by atoms with E-state index in [9.17, 15) is 19.2 Å². The van der Waals surface area contributed by atoms with Crippen LogP contribution in [0.1, 0.15) is 27.7 Å². The average Bonchev–Trinajstić information content (AvgIpc) is 2.70. The largest absolute Gasteiger partial charge is 0.497 e. The highest BCUT2D eigenvalue weighted by Gasteiger charge is 2.51. The molecule has 11 nitrogen and oxygen atoms in total. The molecule has 1 aliphatic heterocycles. The summed E-state index contributed by atoms with van der Waals surface area (Å²) < 4.78 is 32.8. The van der Waals surface area contributed by atoms with Crippen molar-refractivity contribution in [2.75, 3.05) is 13.7 Å². The second-order valence-corrected chi connectivity index (χ2v) is 7.02. The lowest BCUT2D eigenvalue weighted by molar-refractivity contribution is -0.257. The summed E-state index contributed by atoms with van der Waals surface area (Å²) >= 11 is 0. The topological polar surface area (TPSA) is 136 Å². The lowest BCUT2D eigenvalue weighted by Gasteiger charge is -2.44. The van der Waals surface area contributed by atoms with E-state index in [4.69, 9.17) is 28.4 Å². The molecule has 1 aromatic carbocycles. The van der Waals surface area contributed by atoms with Crippen molar-refractivity contribution < 1.29 is 47.6 Å². The molecule has 0 bridgehead atoms. The van der Waals surface area contributed by atoms with Crippen LogP contribution in [0.2, 0.25) is 0 Å². The van der Waals surface area contributed by atoms with Gasteiger partial charge >= 0.3 is 17.9 Å². The van der Waals surface area contributed by atoms with E-state index in [-0.39, 0.29) is 6.61 Å². The number of carbonyl (C=O) groups excluding carboxylic acids is 4. The van der Waals surface area contributed by atoms with Gasteiger partial charge in [-0.1, -0.05) is 6.07 Å². The van der Waals surface area contributed by atoms with Crippen LogP contribution in [0.3, 0.4) is 0 Å². The number of hydrogen-bond donors (Lipinski definition) is 1. The summed E-state index contributed by atoms with van der Waals surface area (Å²) in [6, 6.07) is 5.57. The number of ether oxygens (including phenoxy) is 6. The van der Waals surface area contributed by atoms with Crippen molar-refractivity contribution in [2.45, 2.75) is 58.3 Å². The summed E-state index contributed by atoms with van der Waals surface area (Å²) in [5.41, 5.74) is 0. The van der Waals surface area contributed by atoms with Gasteiger partial charge in [-0.2, -0.15) is 0 Å². The maximum atomic E-state index is 11.9. The zero-order chi connectivity index (χ0) is 23.8. The molecule has 5 atom stereocenters. The maximum absolute atomic E-state index is 11.9. The summed E-state index contributed by atoms with van der Waals surface area (Å²) in [6.45, 7) is 4.50. The third kappa shape index (κ3) is 7.12. The van der Waals surface area contributed by atoms with E-state index in [0.29, 0.717) is 11.5 Å². The zero-order valence-corrected chi connectivity index (χ0v) is 18.5. The predicted molar refractivity (Wildman–Crippen MR) is 108 cm³/mol. The number of carbonyl (C=O) groups is 4. The lowest BCUT2D eigenvalue weighted by Crippen LogP contribution is -2.67. The van der Waals surface area contributed by atoms with Crippen LogP contribution in [0.25, 0.3) is 0 Å². The van der Waals surface area contributed by atoms with Crippen LogP contribution in [-0.2, 0) is 38.1 Å². The van der Waals surface area contributed by atoms with Crippen LogP contribution < -0.4 is 14.8 Å². The molecule has 0 radical (unpaired) electrons. The van der Waals surface area contributed by atoms with Crippen LogP contribution in [0.4, 0.5) is 0 Å². The van der Waals surface area contributed by atoms with Crippen molar-refractivity contribution in [1.29, 1.82) is 0 Å². The summed E-state index contributed by atoms with van der Waals surface area (Å²) in [5.74, 6) is -1.57. The Morgan fingerprint density at radius 2 is 1.56 bits per heavy atom. The number of nitrogens with one attached hydrogen (secondary N) is 1. The first-order valence-corrected chi connectivity index (χ1v) is 9.81. The van der Waals surface area contributed by atoms with Gasteiger partial charge in [0, 0.05) is 33.8 Å². The summed E-state index contributed by atoms with van der Waals surface area (Å²) in [4.78, 5) is 46.8. The molecule has 1 saturated heterocycles. The van der Waals surface area contributed by atoms with Crippen LogP contribution in [0.15, 0.2) is 24.3 Å². The molecule has 1 N–H and O–H groups in total. The standard InChI is InChI=1S/C21H27NO10/c1-11(23)22-18-20(30-14(4)26)19(29-13(3)25)17(10-28-12(2)24)32-21(18)31-16-8-6-7-15(9-16)27-5/h6-9,17-21H,10H2,1-5H3,(H,22,23)/t17-,18+,19-,20+,21-/m1/s1. The lowest BCUT2D eigenvalue weighted by atomic mass is 9.96. The number of rotatable bonds is 8. The van der Waals surface area contributed by atoms with Crippen LogP contribution in [0.5, 0.6) is 11.5 Å². The number of esters is 3. The second-order valence-electron chi connectivity index (χ2n) is 7.02. The van der Waals surface area contributed by atoms with E-state index in [0.717, 1.165) is 0 Å². The zero-order valence-electron chi connectivity index (χ0n) is 18.5. The molecule has 1 amide bonds. The molecule has 176 valence electrons. The molecular formula is C21H27NO10. The van der Waals surface area contributed by atoms with Gasteiger partial charge in [0.25, 0.3) is 0 Å². The van der Waals surface area contributed by atoms with Gasteiger partial charge in [0.05, 0.1) is 7.11 Å². The molecule has 1 heterocycles. The second kappa shape index (κ2) is 11.3. The molecule has 1 aromatic rings. The molecule has 0 saturated carbocycles. The van der Waals surface area contributed by atoms with E-state index < -0.39 is 54.5 Å². The smallest absolute Gasteiger partial charge is 0.303 e. The Bertz CT molecular complexity index is 842. The van der Waals surface area contributed by atoms with E-state index in [2.05, 4.69) is 5.32 Å². The highest BCUT2D eigenvalue weighted by Crippen LogP contribution is 2.30. The number of amides is 1. The van der Waals surface area contributed by atoms with Crippen LogP contribution in [0, 0.1) is 0 Å². The first-order chi connectivity index (χ1) is 15.1. The van der Waals surface area contributed by atoms with Gasteiger partial charge < -0.3 is 33.7 Å². The van der Waals surface area contributed by atoms with Gasteiger partial charge in [-0.25, -0.2) is 0 Å². The number of benzene rings is 1. The fraction of sp³-hybridized carbons (Fsp3) is 0.524. The Balaban J connectivity index is 2.45. The molecule has 1 aliphatic rings. The van der Waals surface area contributed by atoms with Gasteiger partial charge in [0.2, 0.25) is 12.2 Å². The predicted octanol–water partition coefficient (Wildman–Crippen LogP) is 0.730. The van der Waals surface area contributed by atoms with Crippen molar-refractivity contribution >= 4 is 23.8 Å². The molecule has 1 fully saturated rings. The van der Waals surface area contributed by atoms with Crippen LogP contribution in [-0.4, -0.2) is 68.2 Å². The highest BCUT2D eigenvalue weighted by atomic mass is 16.7. The number of methoxy groups -OCH3 is 1. The molecule has 32 heavy (non-hydrogen) atoms. The molecular weight excluding hydrogens is 426 g/mol. The van der Waals surface area contributed by atoms with Gasteiger partial charge in [-0.15, -0.1) is 0 Å². The third-order valence-corrected chi connectivity index (χ3v) is 4.36. The Labute approximate surface area is 185 Å². The first-order valence-electron chi connectivity index (χ1n) is 9.81. The fourth-order valence-corrected chi connectivity index (χ4v) is 3.20. The normalized spacial score (nSPS) is 24.6. The van der Waals surface area contributed by atoms with E-state index in [1.54, 1.807) is 24.3 Å². The Morgan fingerprint density at radius 3 is 2.12 bits per heavy atom. The Morgan fingerprint density at radius 1 is 0.938 bits per heavy atom. The van der Waals surface area contributed by atoms with Crippen molar-refractivity contribution in [2.24, 2.45) is 0 Å². The van der Waals surface area contributed by atoms with Gasteiger partial charge in [0.15, 0.2) is 12.2 Å². The van der Waals surface area contributed by atoms with Crippen molar-refractivity contribution in [3.8, 4) is 11.5 Å². The van der Waals surface area contributed by atoms with E-state index >= 15 is 0 Å². The van der Waals surface area contributed by atoms with Crippen molar-refractivity contribution in [3.05, 3.63) is 24.3 Å². The van der Waals surface area contributed by atoms with E-state index in [1.165, 1.54) is 34.8 Å².